The Morgan fingerprint density at radius 2 is 2.06 bits per heavy atom. The topological polar surface area (TPSA) is 30.9 Å². The molecule has 0 fully saturated rings. The summed E-state index contributed by atoms with van der Waals surface area (Å²) in [5, 5.41) is 0.255. The summed E-state index contributed by atoms with van der Waals surface area (Å²) in [6.45, 7) is 0.696. The lowest BCUT2D eigenvalue weighted by Gasteiger charge is -2.08. The Morgan fingerprint density at radius 1 is 1.29 bits per heavy atom. The SMILES string of the molecule is NC1CCn2c1cc1c(C(F)(F)F)cccc12. The third-order valence-corrected chi connectivity index (χ3v) is 3.33. The van der Waals surface area contributed by atoms with Crippen LogP contribution in [-0.2, 0) is 12.7 Å². The van der Waals surface area contributed by atoms with E-state index in [0.717, 1.165) is 18.2 Å². The van der Waals surface area contributed by atoms with Crippen LogP contribution in [0.1, 0.15) is 23.7 Å². The number of hydrogen-bond donors (Lipinski definition) is 1. The molecule has 3 rings (SSSR count). The predicted octanol–water partition coefficient (Wildman–Crippen LogP) is 3.06. The average Bonchev–Trinajstić information content (AvgIpc) is 2.77. The molecule has 1 atom stereocenters. The Hall–Kier alpha value is -1.49. The maximum Gasteiger partial charge on any atom is 0.417 e. The molecule has 17 heavy (non-hydrogen) atoms. The monoisotopic (exact) mass is 240 g/mol. The molecule has 1 aliphatic heterocycles. The second-order valence-corrected chi connectivity index (χ2v) is 4.35. The summed E-state index contributed by atoms with van der Waals surface area (Å²) in [4.78, 5) is 0. The lowest BCUT2D eigenvalue weighted by atomic mass is 10.1. The fourth-order valence-corrected chi connectivity index (χ4v) is 2.52. The van der Waals surface area contributed by atoms with Gasteiger partial charge in [-0.3, -0.25) is 0 Å². The van der Waals surface area contributed by atoms with E-state index < -0.39 is 11.7 Å². The van der Waals surface area contributed by atoms with Crippen LogP contribution >= 0.6 is 0 Å². The number of aromatic nitrogens is 1. The number of aryl methyl sites for hydroxylation is 1. The van der Waals surface area contributed by atoms with Gasteiger partial charge in [-0.15, -0.1) is 0 Å². The van der Waals surface area contributed by atoms with Crippen molar-refractivity contribution in [2.75, 3.05) is 0 Å². The molecule has 2 nitrogen and oxygen atoms in total. The molecule has 0 aliphatic carbocycles. The zero-order chi connectivity index (χ0) is 12.2. The first kappa shape index (κ1) is 10.7. The molecule has 0 spiro atoms. The zero-order valence-electron chi connectivity index (χ0n) is 8.96. The highest BCUT2D eigenvalue weighted by Gasteiger charge is 2.34. The molecule has 0 saturated carbocycles. The van der Waals surface area contributed by atoms with Gasteiger partial charge in [0, 0.05) is 29.2 Å². The number of benzene rings is 1. The van der Waals surface area contributed by atoms with Crippen molar-refractivity contribution in [2.24, 2.45) is 5.73 Å². The number of alkyl halides is 3. The fourth-order valence-electron chi connectivity index (χ4n) is 2.52. The molecule has 0 radical (unpaired) electrons. The van der Waals surface area contributed by atoms with Crippen LogP contribution in [0, 0.1) is 0 Å². The van der Waals surface area contributed by atoms with Gasteiger partial charge in [0.1, 0.15) is 0 Å². The van der Waals surface area contributed by atoms with E-state index in [-0.39, 0.29) is 11.4 Å². The van der Waals surface area contributed by atoms with E-state index >= 15 is 0 Å². The minimum Gasteiger partial charge on any atom is -0.343 e. The molecule has 1 aliphatic rings. The first-order valence-corrected chi connectivity index (χ1v) is 5.43. The van der Waals surface area contributed by atoms with Gasteiger partial charge in [0.15, 0.2) is 0 Å². The highest BCUT2D eigenvalue weighted by atomic mass is 19.4. The van der Waals surface area contributed by atoms with Crippen molar-refractivity contribution in [1.29, 1.82) is 0 Å². The second-order valence-electron chi connectivity index (χ2n) is 4.35. The molecule has 90 valence electrons. The molecular formula is C12H11F3N2. The summed E-state index contributed by atoms with van der Waals surface area (Å²) < 4.78 is 40.4. The largest absolute Gasteiger partial charge is 0.417 e. The summed E-state index contributed by atoms with van der Waals surface area (Å²) >= 11 is 0. The van der Waals surface area contributed by atoms with Crippen LogP contribution in [0.15, 0.2) is 24.3 Å². The van der Waals surface area contributed by atoms with E-state index in [1.807, 2.05) is 4.57 Å². The predicted molar refractivity (Wildman–Crippen MR) is 58.5 cm³/mol. The van der Waals surface area contributed by atoms with Crippen molar-refractivity contribution in [1.82, 2.24) is 4.57 Å². The van der Waals surface area contributed by atoms with Crippen molar-refractivity contribution in [3.05, 3.63) is 35.5 Å². The molecule has 1 aromatic heterocycles. The van der Waals surface area contributed by atoms with Gasteiger partial charge in [0.05, 0.1) is 5.56 Å². The number of hydrogen-bond acceptors (Lipinski definition) is 1. The molecule has 2 aromatic rings. The molecule has 2 heterocycles. The molecule has 0 bridgehead atoms. The molecule has 1 aromatic carbocycles. The van der Waals surface area contributed by atoms with Crippen LogP contribution in [0.2, 0.25) is 0 Å². The molecule has 2 N–H and O–H groups in total. The van der Waals surface area contributed by atoms with E-state index in [2.05, 4.69) is 0 Å². The first-order valence-electron chi connectivity index (χ1n) is 5.43. The van der Waals surface area contributed by atoms with Crippen molar-refractivity contribution in [2.45, 2.75) is 25.2 Å². The molecule has 1 unspecified atom stereocenters. The van der Waals surface area contributed by atoms with E-state index in [0.29, 0.717) is 12.1 Å². The normalized spacial score (nSPS) is 19.9. The Morgan fingerprint density at radius 3 is 2.76 bits per heavy atom. The van der Waals surface area contributed by atoms with Crippen LogP contribution in [0.3, 0.4) is 0 Å². The van der Waals surface area contributed by atoms with Crippen LogP contribution < -0.4 is 5.73 Å². The maximum absolute atomic E-state index is 12.8. The third-order valence-electron chi connectivity index (χ3n) is 3.33. The Labute approximate surface area is 95.8 Å². The van der Waals surface area contributed by atoms with Gasteiger partial charge in [-0.05, 0) is 24.6 Å². The van der Waals surface area contributed by atoms with Gasteiger partial charge in [0.25, 0.3) is 0 Å². The first-order chi connectivity index (χ1) is 7.98. The van der Waals surface area contributed by atoms with Crippen molar-refractivity contribution in [3.63, 3.8) is 0 Å². The van der Waals surface area contributed by atoms with Crippen LogP contribution in [-0.4, -0.2) is 4.57 Å². The third kappa shape index (κ3) is 1.45. The van der Waals surface area contributed by atoms with E-state index in [9.17, 15) is 13.2 Å². The quantitative estimate of drug-likeness (QED) is 0.753. The summed E-state index contributed by atoms with van der Waals surface area (Å²) in [6, 6.07) is 5.71. The standard InChI is InChI=1S/C12H11F3N2/c13-12(14,15)8-2-1-3-10-7(8)6-11-9(16)4-5-17(10)11/h1-3,6,9H,4-5,16H2. The number of nitrogens with zero attached hydrogens (tertiary/aromatic N) is 1. The maximum atomic E-state index is 12.8. The van der Waals surface area contributed by atoms with E-state index in [1.165, 1.54) is 6.07 Å². The zero-order valence-corrected chi connectivity index (χ0v) is 8.96. The van der Waals surface area contributed by atoms with E-state index in [4.69, 9.17) is 5.73 Å². The van der Waals surface area contributed by atoms with Gasteiger partial charge >= 0.3 is 6.18 Å². The summed E-state index contributed by atoms with van der Waals surface area (Å²) in [5.41, 5.74) is 6.72. The molecule has 0 amide bonds. The van der Waals surface area contributed by atoms with Gasteiger partial charge in [0.2, 0.25) is 0 Å². The minimum absolute atomic E-state index is 0.150. The second kappa shape index (κ2) is 3.26. The Kier molecular flexibility index (Phi) is 2.04. The lowest BCUT2D eigenvalue weighted by molar-refractivity contribution is -0.136. The molecule has 0 saturated heterocycles. The van der Waals surface area contributed by atoms with Gasteiger partial charge in [-0.1, -0.05) is 6.07 Å². The minimum atomic E-state index is -4.31. The average molecular weight is 240 g/mol. The number of rotatable bonds is 0. The number of halogens is 3. The van der Waals surface area contributed by atoms with Gasteiger partial charge in [-0.2, -0.15) is 13.2 Å². The van der Waals surface area contributed by atoms with Gasteiger partial charge in [-0.25, -0.2) is 0 Å². The smallest absolute Gasteiger partial charge is 0.343 e. The summed E-state index contributed by atoms with van der Waals surface area (Å²) in [5.74, 6) is 0. The van der Waals surface area contributed by atoms with Crippen LogP contribution in [0.5, 0.6) is 0 Å². The number of fused-ring (bicyclic) bond motifs is 3. The van der Waals surface area contributed by atoms with Crippen molar-refractivity contribution >= 4 is 10.9 Å². The highest BCUT2D eigenvalue weighted by molar-refractivity contribution is 5.85. The van der Waals surface area contributed by atoms with Gasteiger partial charge < -0.3 is 10.3 Å². The number of nitrogens with two attached hydrogens (primary N) is 1. The molecular weight excluding hydrogens is 229 g/mol. The Bertz CT molecular complexity index is 583. The van der Waals surface area contributed by atoms with Crippen molar-refractivity contribution in [3.8, 4) is 0 Å². The van der Waals surface area contributed by atoms with E-state index in [1.54, 1.807) is 12.1 Å². The highest BCUT2D eigenvalue weighted by Crippen LogP contribution is 2.38. The van der Waals surface area contributed by atoms with Crippen molar-refractivity contribution < 1.29 is 13.2 Å². The lowest BCUT2D eigenvalue weighted by Crippen LogP contribution is -2.06. The van der Waals surface area contributed by atoms with Crippen LogP contribution in [0.4, 0.5) is 13.2 Å². The Balaban J connectivity index is 2.32. The summed E-state index contributed by atoms with van der Waals surface area (Å²) in [7, 11) is 0. The summed E-state index contributed by atoms with van der Waals surface area (Å²) in [6.07, 6.45) is -3.52. The molecule has 5 heteroatoms. The van der Waals surface area contributed by atoms with Crippen LogP contribution in [0.25, 0.3) is 10.9 Å². The fraction of sp³-hybridized carbons (Fsp3) is 0.333.